The Morgan fingerprint density at radius 2 is 2.05 bits per heavy atom. The molecule has 8 nitrogen and oxygen atoms in total. The molecule has 0 aliphatic carbocycles. The van der Waals surface area contributed by atoms with Gasteiger partial charge in [-0.1, -0.05) is 0 Å². The summed E-state index contributed by atoms with van der Waals surface area (Å²) in [5.74, 6) is 0. The van der Waals surface area contributed by atoms with Crippen LogP contribution in [-0.2, 0) is 4.74 Å². The first-order valence-corrected chi connectivity index (χ1v) is 7.44. The van der Waals surface area contributed by atoms with Crippen LogP contribution in [0.25, 0.3) is 6.08 Å². The summed E-state index contributed by atoms with van der Waals surface area (Å²) in [4.78, 5) is 25.4. The predicted octanol–water partition coefficient (Wildman–Crippen LogP) is -0.764. The van der Waals surface area contributed by atoms with Crippen molar-refractivity contribution in [2.24, 2.45) is 0 Å². The van der Waals surface area contributed by atoms with Crippen LogP contribution in [-0.4, -0.2) is 49.8 Å². The van der Waals surface area contributed by atoms with Gasteiger partial charge in [-0.2, -0.15) is 0 Å². The van der Waals surface area contributed by atoms with E-state index in [4.69, 9.17) is 9.84 Å². The number of ether oxygens (including phenoxy) is 1. The zero-order valence-corrected chi connectivity index (χ0v) is 13.6. The van der Waals surface area contributed by atoms with Crippen LogP contribution in [0.4, 0.5) is 0 Å². The van der Waals surface area contributed by atoms with E-state index < -0.39 is 42.4 Å². The Hall–Kier alpha value is -0.780. The number of hydrogen-bond donors (Lipinski definition) is 4. The van der Waals surface area contributed by atoms with Crippen molar-refractivity contribution in [2.45, 2.75) is 24.5 Å². The van der Waals surface area contributed by atoms with E-state index in [0.29, 0.717) is 3.39 Å². The molecule has 4 atom stereocenters. The van der Waals surface area contributed by atoms with Crippen LogP contribution in [0.1, 0.15) is 11.9 Å². The summed E-state index contributed by atoms with van der Waals surface area (Å²) in [5.41, 5.74) is -1.26. The number of rotatable bonds is 3. The van der Waals surface area contributed by atoms with Crippen LogP contribution < -0.4 is 11.2 Å². The monoisotopic (exact) mass is 426 g/mol. The Morgan fingerprint density at radius 3 is 2.57 bits per heavy atom. The van der Waals surface area contributed by atoms with Gasteiger partial charge in [0.2, 0.25) is 0 Å². The van der Waals surface area contributed by atoms with E-state index in [2.05, 4.69) is 36.8 Å². The zero-order valence-electron chi connectivity index (χ0n) is 10.4. The molecule has 0 aromatic carbocycles. The number of aromatic amines is 1. The lowest BCUT2D eigenvalue weighted by Crippen LogP contribution is -2.39. The van der Waals surface area contributed by atoms with Crippen molar-refractivity contribution < 1.29 is 20.1 Å². The summed E-state index contributed by atoms with van der Waals surface area (Å²) in [6.07, 6.45) is -3.60. The van der Waals surface area contributed by atoms with Crippen LogP contribution in [0.15, 0.2) is 19.0 Å². The molecule has 0 saturated carbocycles. The highest BCUT2D eigenvalue weighted by atomic mass is 79.9. The van der Waals surface area contributed by atoms with Crippen LogP contribution in [0, 0.1) is 0 Å². The molecule has 1 aromatic heterocycles. The van der Waals surface area contributed by atoms with E-state index in [9.17, 15) is 19.8 Å². The summed E-state index contributed by atoms with van der Waals surface area (Å²) in [6, 6.07) is 1.14. The smallest absolute Gasteiger partial charge is 0.331 e. The molecule has 0 bridgehead atoms. The van der Waals surface area contributed by atoms with Gasteiger partial charge in [-0.25, -0.2) is 4.79 Å². The standard InChI is InChI=1S/C11H12Br2N2O6/c12-6(13)1-4-2-7(17)14-11(20)15(4)10-9(19)8(18)5(3-16)21-10/h1-2,5,8-10,16,18-19H,3H2,(H,14,17,20)/t5-,8-,9-,10-/m1/s1. The lowest BCUT2D eigenvalue weighted by molar-refractivity contribution is -0.0553. The van der Waals surface area contributed by atoms with Crippen LogP contribution in [0.5, 0.6) is 0 Å². The fraction of sp³-hybridized carbons (Fsp3) is 0.455. The number of aliphatic hydroxyl groups excluding tert-OH is 3. The summed E-state index contributed by atoms with van der Waals surface area (Å²) in [7, 11) is 0. The number of nitrogens with one attached hydrogen (secondary N) is 1. The highest BCUT2D eigenvalue weighted by Crippen LogP contribution is 2.29. The lowest BCUT2D eigenvalue weighted by Gasteiger charge is -2.19. The molecule has 1 aromatic rings. The molecule has 116 valence electrons. The van der Waals surface area contributed by atoms with Crippen molar-refractivity contribution in [2.75, 3.05) is 6.61 Å². The van der Waals surface area contributed by atoms with Gasteiger partial charge in [0.05, 0.1) is 15.7 Å². The average molecular weight is 428 g/mol. The normalized spacial score (nSPS) is 28.6. The fourth-order valence-electron chi connectivity index (χ4n) is 2.10. The van der Waals surface area contributed by atoms with Gasteiger partial charge in [0.15, 0.2) is 6.23 Å². The average Bonchev–Trinajstić information content (AvgIpc) is 2.65. The van der Waals surface area contributed by atoms with Gasteiger partial charge >= 0.3 is 5.69 Å². The third kappa shape index (κ3) is 3.35. The summed E-state index contributed by atoms with van der Waals surface area (Å²) in [6.45, 7) is -0.514. The maximum atomic E-state index is 12.0. The first kappa shape index (κ1) is 16.6. The van der Waals surface area contributed by atoms with E-state index in [-0.39, 0.29) is 5.69 Å². The van der Waals surface area contributed by atoms with E-state index in [0.717, 1.165) is 10.6 Å². The van der Waals surface area contributed by atoms with Crippen molar-refractivity contribution in [3.05, 3.63) is 36.0 Å². The molecular weight excluding hydrogens is 416 g/mol. The minimum atomic E-state index is -1.42. The zero-order chi connectivity index (χ0) is 15.7. The first-order valence-electron chi connectivity index (χ1n) is 5.86. The number of H-pyrrole nitrogens is 1. The van der Waals surface area contributed by atoms with Gasteiger partial charge in [0.25, 0.3) is 5.56 Å². The van der Waals surface area contributed by atoms with Crippen molar-refractivity contribution in [3.63, 3.8) is 0 Å². The molecule has 2 heterocycles. The van der Waals surface area contributed by atoms with Crippen LogP contribution in [0.3, 0.4) is 0 Å². The molecule has 21 heavy (non-hydrogen) atoms. The summed E-state index contributed by atoms with van der Waals surface area (Å²) < 4.78 is 6.75. The third-order valence-electron chi connectivity index (χ3n) is 3.03. The molecule has 0 radical (unpaired) electrons. The molecule has 1 aliphatic rings. The van der Waals surface area contributed by atoms with Crippen molar-refractivity contribution in [1.29, 1.82) is 0 Å². The number of nitrogens with zero attached hydrogens (tertiary/aromatic N) is 1. The van der Waals surface area contributed by atoms with E-state index in [1.165, 1.54) is 6.08 Å². The molecule has 10 heteroatoms. The number of hydrogen-bond acceptors (Lipinski definition) is 6. The molecule has 0 amide bonds. The Kier molecular flexibility index (Phi) is 5.17. The van der Waals surface area contributed by atoms with Crippen molar-refractivity contribution in [3.8, 4) is 0 Å². The lowest BCUT2D eigenvalue weighted by atomic mass is 10.1. The number of aromatic nitrogens is 2. The summed E-state index contributed by atoms with van der Waals surface area (Å²) >= 11 is 6.23. The molecule has 2 rings (SSSR count). The maximum Gasteiger partial charge on any atom is 0.331 e. The van der Waals surface area contributed by atoms with Gasteiger partial charge in [-0.3, -0.25) is 14.3 Å². The van der Waals surface area contributed by atoms with E-state index >= 15 is 0 Å². The topological polar surface area (TPSA) is 125 Å². The second-order valence-electron chi connectivity index (χ2n) is 4.40. The van der Waals surface area contributed by atoms with Gasteiger partial charge in [-0.15, -0.1) is 0 Å². The van der Waals surface area contributed by atoms with Gasteiger partial charge in [0.1, 0.15) is 18.3 Å². The van der Waals surface area contributed by atoms with Gasteiger partial charge in [-0.05, 0) is 37.9 Å². The second kappa shape index (κ2) is 6.55. The Balaban J connectivity index is 2.56. The molecule has 0 unspecified atom stereocenters. The highest BCUT2D eigenvalue weighted by molar-refractivity contribution is 9.28. The Morgan fingerprint density at radius 1 is 1.38 bits per heavy atom. The first-order chi connectivity index (χ1) is 9.85. The summed E-state index contributed by atoms with van der Waals surface area (Å²) in [5, 5.41) is 28.8. The van der Waals surface area contributed by atoms with Crippen molar-refractivity contribution >= 4 is 37.9 Å². The van der Waals surface area contributed by atoms with Crippen molar-refractivity contribution in [1.82, 2.24) is 9.55 Å². The van der Waals surface area contributed by atoms with E-state index in [1.54, 1.807) is 0 Å². The minimum Gasteiger partial charge on any atom is -0.394 e. The molecule has 1 fully saturated rings. The quantitative estimate of drug-likeness (QED) is 0.502. The maximum absolute atomic E-state index is 12.0. The molecule has 1 saturated heterocycles. The second-order valence-corrected chi connectivity index (χ2v) is 7.17. The van der Waals surface area contributed by atoms with E-state index in [1.807, 2.05) is 0 Å². The Bertz CT molecular complexity index is 665. The molecule has 1 aliphatic heterocycles. The number of aliphatic hydroxyl groups is 3. The Labute approximate surface area is 134 Å². The largest absolute Gasteiger partial charge is 0.394 e. The SMILES string of the molecule is O=c1cc(C=C(Br)Br)n([C@@H]2O[C@H](CO)[C@@H](O)[C@H]2O)c(=O)[nH]1. The third-order valence-corrected chi connectivity index (χ3v) is 3.49. The van der Waals surface area contributed by atoms with Gasteiger partial charge in [0, 0.05) is 6.07 Å². The van der Waals surface area contributed by atoms with Crippen LogP contribution >= 0.6 is 31.9 Å². The van der Waals surface area contributed by atoms with Crippen LogP contribution in [0.2, 0.25) is 0 Å². The molecule has 0 spiro atoms. The minimum absolute atomic E-state index is 0.155. The number of halogens is 2. The predicted molar refractivity (Wildman–Crippen MR) is 80.2 cm³/mol. The van der Waals surface area contributed by atoms with Gasteiger partial charge < -0.3 is 20.1 Å². The molecular formula is C11H12Br2N2O6. The fourth-order valence-corrected chi connectivity index (χ4v) is 2.57. The molecule has 4 N–H and O–H groups in total. The highest BCUT2D eigenvalue weighted by Gasteiger charge is 2.44.